The van der Waals surface area contributed by atoms with Gasteiger partial charge in [0, 0.05) is 0 Å². The van der Waals surface area contributed by atoms with Crippen molar-refractivity contribution in [1.29, 1.82) is 0 Å². The fourth-order valence-electron chi connectivity index (χ4n) is 2.88. The zero-order valence-electron chi connectivity index (χ0n) is 14.3. The van der Waals surface area contributed by atoms with Crippen molar-refractivity contribution in [1.82, 2.24) is 4.98 Å². The lowest BCUT2D eigenvalue weighted by atomic mass is 10.2. The van der Waals surface area contributed by atoms with E-state index >= 15 is 0 Å². The summed E-state index contributed by atoms with van der Waals surface area (Å²) in [4.78, 5) is 4.75. The third-order valence-corrected chi connectivity index (χ3v) is 5.22. The Morgan fingerprint density at radius 1 is 0.926 bits per heavy atom. The summed E-state index contributed by atoms with van der Waals surface area (Å²) in [6.45, 7) is 0.258. The SMILES string of the molecule is C(=C(/Oc1ccccc1)c1nc2ccccc2s1)/c1ccc2c(c1)OCO2. The molecule has 0 unspecified atom stereocenters. The summed E-state index contributed by atoms with van der Waals surface area (Å²) in [6.07, 6.45) is 1.98. The highest BCUT2D eigenvalue weighted by Gasteiger charge is 2.15. The molecule has 0 atom stereocenters. The van der Waals surface area contributed by atoms with Gasteiger partial charge in [0.05, 0.1) is 10.2 Å². The van der Waals surface area contributed by atoms with Gasteiger partial charge in [-0.25, -0.2) is 4.98 Å². The molecule has 0 bridgehead atoms. The molecule has 4 aromatic rings. The van der Waals surface area contributed by atoms with E-state index in [1.165, 1.54) is 0 Å². The molecule has 0 spiro atoms. The second kappa shape index (κ2) is 6.78. The van der Waals surface area contributed by atoms with Gasteiger partial charge in [-0.15, -0.1) is 11.3 Å². The average Bonchev–Trinajstić information content (AvgIpc) is 3.34. The number of hydrogen-bond donors (Lipinski definition) is 0. The summed E-state index contributed by atoms with van der Waals surface area (Å²) in [5, 5.41) is 0.831. The zero-order valence-corrected chi connectivity index (χ0v) is 15.1. The van der Waals surface area contributed by atoms with Crippen LogP contribution in [0.15, 0.2) is 72.8 Å². The number of ether oxygens (including phenoxy) is 3. The van der Waals surface area contributed by atoms with Crippen LogP contribution in [0.2, 0.25) is 0 Å². The Morgan fingerprint density at radius 3 is 2.63 bits per heavy atom. The summed E-state index contributed by atoms with van der Waals surface area (Å²) in [5.41, 5.74) is 1.93. The lowest BCUT2D eigenvalue weighted by Gasteiger charge is -2.08. The normalized spacial score (nSPS) is 13.1. The molecule has 27 heavy (non-hydrogen) atoms. The Kier molecular flexibility index (Phi) is 3.99. The van der Waals surface area contributed by atoms with Crippen LogP contribution in [0, 0.1) is 0 Å². The van der Waals surface area contributed by atoms with Gasteiger partial charge in [-0.05, 0) is 48.0 Å². The molecule has 0 radical (unpaired) electrons. The number of fused-ring (bicyclic) bond motifs is 2. The number of benzene rings is 3. The molecule has 1 aliphatic rings. The molecule has 0 amide bonds. The highest BCUT2D eigenvalue weighted by atomic mass is 32.1. The lowest BCUT2D eigenvalue weighted by molar-refractivity contribution is 0.174. The first-order chi connectivity index (χ1) is 13.3. The number of rotatable bonds is 4. The first kappa shape index (κ1) is 15.9. The fourth-order valence-corrected chi connectivity index (χ4v) is 3.80. The predicted octanol–water partition coefficient (Wildman–Crippen LogP) is 5.60. The number of aromatic nitrogens is 1. The van der Waals surface area contributed by atoms with Crippen LogP contribution in [0.1, 0.15) is 10.6 Å². The quantitative estimate of drug-likeness (QED) is 0.437. The minimum absolute atomic E-state index is 0.258. The molecule has 0 aliphatic carbocycles. The van der Waals surface area contributed by atoms with Crippen LogP contribution in [-0.4, -0.2) is 11.8 Å². The van der Waals surface area contributed by atoms with E-state index in [1.54, 1.807) is 11.3 Å². The van der Waals surface area contributed by atoms with Crippen molar-refractivity contribution < 1.29 is 14.2 Å². The van der Waals surface area contributed by atoms with Crippen LogP contribution < -0.4 is 14.2 Å². The maximum atomic E-state index is 6.19. The monoisotopic (exact) mass is 373 g/mol. The third kappa shape index (κ3) is 3.25. The maximum Gasteiger partial charge on any atom is 0.231 e. The first-order valence-electron chi connectivity index (χ1n) is 8.55. The fraction of sp³-hybridized carbons (Fsp3) is 0.0455. The van der Waals surface area contributed by atoms with Gasteiger partial charge < -0.3 is 14.2 Å². The van der Waals surface area contributed by atoms with E-state index in [9.17, 15) is 0 Å². The lowest BCUT2D eigenvalue weighted by Crippen LogP contribution is -1.94. The number of thiazole rings is 1. The van der Waals surface area contributed by atoms with Gasteiger partial charge in [-0.1, -0.05) is 36.4 Å². The van der Waals surface area contributed by atoms with Crippen molar-refractivity contribution in [2.45, 2.75) is 0 Å². The van der Waals surface area contributed by atoms with Crippen LogP contribution in [0.4, 0.5) is 0 Å². The van der Waals surface area contributed by atoms with E-state index in [0.29, 0.717) is 5.76 Å². The third-order valence-electron chi connectivity index (χ3n) is 4.17. The molecular weight excluding hydrogens is 358 g/mol. The molecular formula is C22H15NO3S. The molecule has 1 aromatic heterocycles. The molecule has 132 valence electrons. The van der Waals surface area contributed by atoms with E-state index in [4.69, 9.17) is 19.2 Å². The van der Waals surface area contributed by atoms with Gasteiger partial charge in [0.1, 0.15) is 5.75 Å². The van der Waals surface area contributed by atoms with Crippen molar-refractivity contribution in [3.8, 4) is 17.2 Å². The average molecular weight is 373 g/mol. The molecule has 5 heteroatoms. The Hall–Kier alpha value is -3.31. The standard InChI is InChI=1S/C22H15NO3S/c1-2-6-16(7-3-1)26-20(22-23-17-8-4-5-9-21(17)27-22)13-15-10-11-18-19(12-15)25-14-24-18/h1-13H,14H2/b20-13-. The maximum absolute atomic E-state index is 6.19. The minimum atomic E-state index is 0.258. The topological polar surface area (TPSA) is 40.6 Å². The summed E-state index contributed by atoms with van der Waals surface area (Å²) < 4.78 is 18.2. The first-order valence-corrected chi connectivity index (χ1v) is 9.37. The van der Waals surface area contributed by atoms with Crippen LogP contribution in [0.25, 0.3) is 22.1 Å². The van der Waals surface area contributed by atoms with E-state index in [0.717, 1.165) is 38.0 Å². The van der Waals surface area contributed by atoms with E-state index in [-0.39, 0.29) is 6.79 Å². The van der Waals surface area contributed by atoms with Gasteiger partial charge in [-0.2, -0.15) is 0 Å². The molecule has 1 aliphatic heterocycles. The number of hydrogen-bond acceptors (Lipinski definition) is 5. The van der Waals surface area contributed by atoms with E-state index in [1.807, 2.05) is 72.8 Å². The number of para-hydroxylation sites is 2. The van der Waals surface area contributed by atoms with E-state index in [2.05, 4.69) is 6.07 Å². The molecule has 2 heterocycles. The molecule has 0 saturated carbocycles. The molecule has 0 fully saturated rings. The predicted molar refractivity (Wildman–Crippen MR) is 107 cm³/mol. The van der Waals surface area contributed by atoms with Crippen molar-refractivity contribution in [2.75, 3.05) is 6.79 Å². The Balaban J connectivity index is 1.59. The summed E-state index contributed by atoms with van der Waals surface area (Å²) >= 11 is 1.61. The molecule has 4 nitrogen and oxygen atoms in total. The summed E-state index contributed by atoms with van der Waals surface area (Å²) in [6, 6.07) is 23.7. The van der Waals surface area contributed by atoms with Gasteiger partial charge >= 0.3 is 0 Å². The highest BCUT2D eigenvalue weighted by molar-refractivity contribution is 7.19. The smallest absolute Gasteiger partial charge is 0.231 e. The zero-order chi connectivity index (χ0) is 18.1. The Bertz CT molecular complexity index is 1100. The van der Waals surface area contributed by atoms with Crippen LogP contribution in [0.3, 0.4) is 0 Å². The van der Waals surface area contributed by atoms with Gasteiger partial charge in [0.15, 0.2) is 22.3 Å². The van der Waals surface area contributed by atoms with Crippen LogP contribution >= 0.6 is 11.3 Å². The van der Waals surface area contributed by atoms with Crippen molar-refractivity contribution >= 4 is 33.4 Å². The Morgan fingerprint density at radius 2 is 1.74 bits per heavy atom. The van der Waals surface area contributed by atoms with Gasteiger partial charge in [0.2, 0.25) is 6.79 Å². The molecule has 0 N–H and O–H groups in total. The van der Waals surface area contributed by atoms with Crippen molar-refractivity contribution in [2.24, 2.45) is 0 Å². The van der Waals surface area contributed by atoms with Gasteiger partial charge in [0.25, 0.3) is 0 Å². The Labute approximate surface area is 160 Å². The van der Waals surface area contributed by atoms with Crippen molar-refractivity contribution in [3.63, 3.8) is 0 Å². The van der Waals surface area contributed by atoms with Crippen molar-refractivity contribution in [3.05, 3.63) is 83.4 Å². The highest BCUT2D eigenvalue weighted by Crippen LogP contribution is 2.35. The molecule has 3 aromatic carbocycles. The second-order valence-electron chi connectivity index (χ2n) is 6.02. The van der Waals surface area contributed by atoms with Crippen LogP contribution in [-0.2, 0) is 0 Å². The second-order valence-corrected chi connectivity index (χ2v) is 7.05. The minimum Gasteiger partial charge on any atom is -0.454 e. The van der Waals surface area contributed by atoms with Gasteiger partial charge in [-0.3, -0.25) is 0 Å². The van der Waals surface area contributed by atoms with E-state index < -0.39 is 0 Å². The molecule has 5 rings (SSSR count). The van der Waals surface area contributed by atoms with Crippen LogP contribution in [0.5, 0.6) is 17.2 Å². The number of nitrogens with zero attached hydrogens (tertiary/aromatic N) is 1. The molecule has 0 saturated heterocycles. The summed E-state index contributed by atoms with van der Waals surface area (Å²) in [5.74, 6) is 2.97. The largest absolute Gasteiger partial charge is 0.454 e. The summed E-state index contributed by atoms with van der Waals surface area (Å²) in [7, 11) is 0.